The molecule has 2 heterocycles. The largest absolute Gasteiger partial charge is 0.493 e. The first-order valence-corrected chi connectivity index (χ1v) is 10.1. The van der Waals surface area contributed by atoms with Crippen LogP contribution in [0.3, 0.4) is 0 Å². The molecule has 30 heavy (non-hydrogen) atoms. The summed E-state index contributed by atoms with van der Waals surface area (Å²) in [5, 5.41) is 15.0. The maximum atomic E-state index is 13.0. The lowest BCUT2D eigenvalue weighted by atomic mass is 10.0. The zero-order valence-corrected chi connectivity index (χ0v) is 17.5. The van der Waals surface area contributed by atoms with Crippen LogP contribution in [0.4, 0.5) is 5.13 Å². The van der Waals surface area contributed by atoms with Crippen LogP contribution in [0.15, 0.2) is 40.5 Å². The van der Waals surface area contributed by atoms with Gasteiger partial charge in [0.05, 0.1) is 7.11 Å². The second-order valence-corrected chi connectivity index (χ2v) is 7.89. The van der Waals surface area contributed by atoms with Crippen LogP contribution >= 0.6 is 11.3 Å². The van der Waals surface area contributed by atoms with E-state index >= 15 is 0 Å². The molecule has 0 saturated carbocycles. The number of ether oxygens (including phenoxy) is 1. The number of benzene rings is 1. The highest BCUT2D eigenvalue weighted by Crippen LogP contribution is 2.31. The zero-order valence-electron chi connectivity index (χ0n) is 16.7. The fourth-order valence-corrected chi connectivity index (χ4v) is 3.71. The van der Waals surface area contributed by atoms with Crippen LogP contribution in [0.2, 0.25) is 0 Å². The molecule has 158 valence electrons. The Morgan fingerprint density at radius 1 is 1.30 bits per heavy atom. The molecule has 0 aliphatic rings. The summed E-state index contributed by atoms with van der Waals surface area (Å²) in [6.07, 6.45) is 0.306. The first kappa shape index (κ1) is 21.3. The van der Waals surface area contributed by atoms with Gasteiger partial charge in [0.25, 0.3) is 0 Å². The van der Waals surface area contributed by atoms with Gasteiger partial charge in [-0.1, -0.05) is 44.2 Å². The molecule has 3 N–H and O–H groups in total. The molecular weight excluding hydrogens is 408 g/mol. The number of rotatable bonds is 7. The van der Waals surface area contributed by atoms with E-state index in [1.54, 1.807) is 24.3 Å². The molecule has 3 aromatic rings. The Kier molecular flexibility index (Phi) is 6.36. The maximum Gasteiger partial charge on any atom is 0.357 e. The third kappa shape index (κ3) is 4.43. The van der Waals surface area contributed by atoms with Crippen molar-refractivity contribution in [3.63, 3.8) is 0 Å². The second-order valence-electron chi connectivity index (χ2n) is 7.03. The summed E-state index contributed by atoms with van der Waals surface area (Å²) in [6.45, 7) is 3.82. The molecule has 1 aromatic carbocycles. The van der Waals surface area contributed by atoms with Crippen LogP contribution in [-0.2, 0) is 9.53 Å². The van der Waals surface area contributed by atoms with Crippen LogP contribution < -0.4 is 11.0 Å². The van der Waals surface area contributed by atoms with Crippen molar-refractivity contribution < 1.29 is 19.4 Å². The number of esters is 1. The van der Waals surface area contributed by atoms with Crippen molar-refractivity contribution in [3.05, 3.63) is 51.9 Å². The fourth-order valence-electron chi connectivity index (χ4n) is 3.03. The Morgan fingerprint density at radius 2 is 2.00 bits per heavy atom. The molecule has 0 aliphatic heterocycles. The molecule has 0 spiro atoms. The van der Waals surface area contributed by atoms with Crippen LogP contribution in [0, 0.1) is 5.92 Å². The number of thiazole rings is 1. The molecule has 2 aromatic heterocycles. The minimum atomic E-state index is -0.975. The lowest BCUT2D eigenvalue weighted by molar-refractivity contribution is -0.119. The highest BCUT2D eigenvalue weighted by Gasteiger charge is 2.29. The summed E-state index contributed by atoms with van der Waals surface area (Å²) >= 11 is 1.06. The summed E-state index contributed by atoms with van der Waals surface area (Å²) in [4.78, 5) is 43.9. The smallest absolute Gasteiger partial charge is 0.357 e. The second kappa shape index (κ2) is 8.95. The molecule has 1 amide bonds. The average molecular weight is 430 g/mol. The number of anilines is 1. The number of carbonyl (C=O) groups excluding carboxylic acids is 2. The van der Waals surface area contributed by atoms with Crippen LogP contribution in [0.1, 0.15) is 36.8 Å². The number of hydrogen-bond acceptors (Lipinski definition) is 7. The Balaban J connectivity index is 1.94. The molecule has 0 radical (unpaired) electrons. The number of imidazole rings is 1. The number of hydrogen-bond donors (Lipinski definition) is 3. The van der Waals surface area contributed by atoms with Crippen molar-refractivity contribution in [1.82, 2.24) is 14.5 Å². The molecule has 1 atom stereocenters. The predicted octanol–water partition coefficient (Wildman–Crippen LogP) is 3.02. The summed E-state index contributed by atoms with van der Waals surface area (Å²) < 4.78 is 5.66. The third-order valence-electron chi connectivity index (χ3n) is 4.40. The van der Waals surface area contributed by atoms with E-state index in [1.165, 1.54) is 12.5 Å². The molecule has 10 heteroatoms. The number of aromatic amines is 1. The number of aromatic hydroxyl groups is 1. The number of aromatic nitrogens is 3. The maximum absolute atomic E-state index is 13.0. The Morgan fingerprint density at radius 3 is 2.63 bits per heavy atom. The van der Waals surface area contributed by atoms with Crippen molar-refractivity contribution >= 4 is 28.3 Å². The molecule has 0 unspecified atom stereocenters. The predicted molar refractivity (Wildman–Crippen MR) is 113 cm³/mol. The summed E-state index contributed by atoms with van der Waals surface area (Å²) in [7, 11) is 1.24. The zero-order chi connectivity index (χ0) is 21.8. The van der Waals surface area contributed by atoms with E-state index in [-0.39, 0.29) is 28.3 Å². The lowest BCUT2D eigenvalue weighted by Gasteiger charge is -2.19. The highest BCUT2D eigenvalue weighted by atomic mass is 32.1. The van der Waals surface area contributed by atoms with Gasteiger partial charge < -0.3 is 20.1 Å². The van der Waals surface area contributed by atoms with E-state index in [4.69, 9.17) is 0 Å². The standard InChI is InChI=1S/C20H22N4O5S/c1-11(2)9-14(16(25)23-19-21-13(10-30-19)18(27)29-3)24-17(26)15(22-20(24)28)12-7-5-4-6-8-12/h4-8,10-11,14,26H,9H2,1-3H3,(H,22,28)(H,21,23,25)/t14-/m0/s1. The van der Waals surface area contributed by atoms with E-state index in [0.29, 0.717) is 12.0 Å². The van der Waals surface area contributed by atoms with Crippen molar-refractivity contribution in [2.45, 2.75) is 26.3 Å². The Labute approximate surface area is 176 Å². The van der Waals surface area contributed by atoms with Gasteiger partial charge in [0.15, 0.2) is 10.8 Å². The van der Waals surface area contributed by atoms with E-state index in [0.717, 1.165) is 15.9 Å². The number of methoxy groups -OCH3 is 1. The molecular formula is C20H22N4O5S. The highest BCUT2D eigenvalue weighted by molar-refractivity contribution is 7.14. The summed E-state index contributed by atoms with van der Waals surface area (Å²) in [5.74, 6) is -1.40. The number of carbonyl (C=O) groups is 2. The number of H-pyrrole nitrogens is 1. The average Bonchev–Trinajstić information content (AvgIpc) is 3.30. The van der Waals surface area contributed by atoms with Crippen molar-refractivity contribution in [2.75, 3.05) is 12.4 Å². The number of nitrogens with zero attached hydrogens (tertiary/aromatic N) is 2. The van der Waals surface area contributed by atoms with Gasteiger partial charge in [-0.05, 0) is 12.3 Å². The topological polar surface area (TPSA) is 126 Å². The molecule has 0 aliphatic carbocycles. The van der Waals surface area contributed by atoms with Gasteiger partial charge in [0.2, 0.25) is 11.8 Å². The van der Waals surface area contributed by atoms with Crippen LogP contribution in [-0.4, -0.2) is 38.6 Å². The monoisotopic (exact) mass is 430 g/mol. The Hall–Kier alpha value is -3.40. The number of amides is 1. The molecule has 9 nitrogen and oxygen atoms in total. The normalized spacial score (nSPS) is 12.0. The van der Waals surface area contributed by atoms with E-state index < -0.39 is 23.6 Å². The number of nitrogens with one attached hydrogen (secondary N) is 2. The quantitative estimate of drug-likeness (QED) is 0.495. The Bertz CT molecular complexity index is 1100. The first-order chi connectivity index (χ1) is 14.3. The summed E-state index contributed by atoms with van der Waals surface area (Å²) in [6, 6.07) is 7.90. The van der Waals surface area contributed by atoms with Gasteiger partial charge in [-0.3, -0.25) is 9.36 Å². The van der Waals surface area contributed by atoms with E-state index in [2.05, 4.69) is 20.0 Å². The fraction of sp³-hybridized carbons (Fsp3) is 0.300. The van der Waals surface area contributed by atoms with Crippen LogP contribution in [0.25, 0.3) is 11.3 Å². The van der Waals surface area contributed by atoms with Gasteiger partial charge in [-0.25, -0.2) is 14.6 Å². The van der Waals surface area contributed by atoms with Crippen molar-refractivity contribution in [3.8, 4) is 17.1 Å². The molecule has 3 rings (SSSR count). The summed E-state index contributed by atoms with van der Waals surface area (Å²) in [5.41, 5.74) is 0.342. The molecule has 0 saturated heterocycles. The van der Waals surface area contributed by atoms with E-state index in [1.807, 2.05) is 19.9 Å². The first-order valence-electron chi connectivity index (χ1n) is 9.25. The SMILES string of the molecule is COC(=O)c1csc(NC(=O)[C@H](CC(C)C)n2c(O)c(-c3ccccc3)[nH]c2=O)n1. The van der Waals surface area contributed by atoms with Gasteiger partial charge in [0, 0.05) is 10.9 Å². The minimum Gasteiger partial charge on any atom is -0.493 e. The molecule has 0 fully saturated rings. The molecule has 0 bridgehead atoms. The lowest BCUT2D eigenvalue weighted by Crippen LogP contribution is -2.33. The van der Waals surface area contributed by atoms with Crippen molar-refractivity contribution in [2.24, 2.45) is 5.92 Å². The third-order valence-corrected chi connectivity index (χ3v) is 5.16. The van der Waals surface area contributed by atoms with Gasteiger partial charge in [0.1, 0.15) is 11.7 Å². The van der Waals surface area contributed by atoms with E-state index in [9.17, 15) is 19.5 Å². The van der Waals surface area contributed by atoms with Gasteiger partial charge in [-0.2, -0.15) is 0 Å². The van der Waals surface area contributed by atoms with Gasteiger partial charge >= 0.3 is 11.7 Å². The minimum absolute atomic E-state index is 0.0593. The van der Waals surface area contributed by atoms with Crippen molar-refractivity contribution in [1.29, 1.82) is 0 Å². The van der Waals surface area contributed by atoms with Crippen LogP contribution in [0.5, 0.6) is 5.88 Å². The van der Waals surface area contributed by atoms with Gasteiger partial charge in [-0.15, -0.1) is 11.3 Å².